The molecule has 0 bridgehead atoms. The molecule has 0 radical (unpaired) electrons. The second-order valence-electron chi connectivity index (χ2n) is 14.8. The number of nitrogens with zero attached hydrogens (tertiary/aromatic N) is 3. The van der Waals surface area contributed by atoms with Crippen molar-refractivity contribution in [1.29, 1.82) is 0 Å². The molecule has 1 aliphatic rings. The van der Waals surface area contributed by atoms with Gasteiger partial charge in [0.25, 0.3) is 0 Å². The first-order valence-electron chi connectivity index (χ1n) is 17.0. The minimum absolute atomic E-state index is 0.154. The average Bonchev–Trinajstić information content (AvgIpc) is 3.47. The van der Waals surface area contributed by atoms with Gasteiger partial charge in [-0.15, -0.1) is 0 Å². The summed E-state index contributed by atoms with van der Waals surface area (Å²) >= 11 is 6.34. The molecule has 3 heterocycles. The third-order valence-electron chi connectivity index (χ3n) is 9.17. The summed E-state index contributed by atoms with van der Waals surface area (Å²) in [5.41, 5.74) is 5.97. The summed E-state index contributed by atoms with van der Waals surface area (Å²) in [7, 11) is 0. The highest BCUT2D eigenvalue weighted by molar-refractivity contribution is 6.31. The number of carbonyl (C=O) groups is 1. The van der Waals surface area contributed by atoms with Crippen molar-refractivity contribution in [2.45, 2.75) is 72.5 Å². The number of halogens is 2. The third-order valence-corrected chi connectivity index (χ3v) is 9.41. The van der Waals surface area contributed by atoms with Crippen molar-refractivity contribution in [2.24, 2.45) is 5.41 Å². The number of ether oxygens (including phenoxy) is 2. The Morgan fingerprint density at radius 2 is 1.72 bits per heavy atom. The van der Waals surface area contributed by atoms with E-state index in [1.807, 2.05) is 64.1 Å². The van der Waals surface area contributed by atoms with Gasteiger partial charge < -0.3 is 24.5 Å². The van der Waals surface area contributed by atoms with Crippen molar-refractivity contribution in [1.82, 2.24) is 15.0 Å². The number of rotatable bonds is 10. The van der Waals surface area contributed by atoms with Crippen molar-refractivity contribution < 1.29 is 23.8 Å². The van der Waals surface area contributed by atoms with Crippen LogP contribution < -0.4 is 9.64 Å². The first-order chi connectivity index (χ1) is 23.7. The predicted octanol–water partition coefficient (Wildman–Crippen LogP) is 9.58. The Balaban J connectivity index is 1.51. The number of anilines is 1. The SMILES string of the molecule is Cc1nc(-c2nc3ccc(Cl)cc3[nH]2)c(-c2ccc(OCCc3ccc(F)cc3)cc2)c(N2CCC(C)(C)CC2)c1C(OC(C)(C)C)C(=O)O. The number of aryl methyl sites for hydroxylation is 1. The molecule has 0 aliphatic carbocycles. The Morgan fingerprint density at radius 1 is 1.04 bits per heavy atom. The molecule has 1 aliphatic heterocycles. The van der Waals surface area contributed by atoms with E-state index >= 15 is 0 Å². The first-order valence-corrected chi connectivity index (χ1v) is 17.4. The summed E-state index contributed by atoms with van der Waals surface area (Å²) in [6.45, 7) is 13.9. The molecule has 1 unspecified atom stereocenters. The third kappa shape index (κ3) is 7.95. The van der Waals surface area contributed by atoms with Crippen LogP contribution in [0.2, 0.25) is 5.02 Å². The molecular weight excluding hydrogens is 655 g/mol. The lowest BCUT2D eigenvalue weighted by Crippen LogP contribution is -2.39. The molecule has 1 atom stereocenters. The average molecular weight is 699 g/mol. The van der Waals surface area contributed by atoms with Crippen LogP contribution in [0.5, 0.6) is 5.75 Å². The van der Waals surface area contributed by atoms with Crippen molar-refractivity contribution >= 4 is 34.3 Å². The van der Waals surface area contributed by atoms with Gasteiger partial charge in [-0.25, -0.2) is 19.2 Å². The number of nitrogens with one attached hydrogen (secondary N) is 1. The lowest BCUT2D eigenvalue weighted by atomic mass is 9.81. The number of imidazole rings is 1. The van der Waals surface area contributed by atoms with Gasteiger partial charge in [-0.3, -0.25) is 0 Å². The van der Waals surface area contributed by atoms with E-state index in [1.54, 1.807) is 18.2 Å². The van der Waals surface area contributed by atoms with E-state index in [0.29, 0.717) is 46.6 Å². The number of carboxylic acid groups (broad SMARTS) is 1. The Bertz CT molecular complexity index is 1990. The number of aliphatic carboxylic acids is 1. The first kappa shape index (κ1) is 35.4. The van der Waals surface area contributed by atoms with E-state index in [0.717, 1.165) is 59.3 Å². The number of aromatic amines is 1. The highest BCUT2D eigenvalue weighted by atomic mass is 35.5. The summed E-state index contributed by atoms with van der Waals surface area (Å²) in [5, 5.41) is 11.3. The van der Waals surface area contributed by atoms with Crippen LogP contribution in [0, 0.1) is 18.2 Å². The topological polar surface area (TPSA) is 101 Å². The standard InChI is InChI=1S/C40H44ClFN4O4/c1-24-32(36(38(47)48)50-39(2,3)4)35(46-20-18-40(5,6)19-21-46)33(34(43-24)37-44-30-16-11-27(41)23-31(30)45-37)26-9-14-29(15-10-26)49-22-17-25-7-12-28(42)13-8-25/h7-16,23,36H,17-22H2,1-6H3,(H,44,45)(H,47,48). The second-order valence-corrected chi connectivity index (χ2v) is 15.2. The number of benzene rings is 3. The molecule has 0 spiro atoms. The number of aromatic nitrogens is 3. The van der Waals surface area contributed by atoms with Crippen LogP contribution in [-0.2, 0) is 16.0 Å². The van der Waals surface area contributed by atoms with Crippen molar-refractivity contribution in [2.75, 3.05) is 24.6 Å². The molecule has 5 aromatic rings. The van der Waals surface area contributed by atoms with E-state index in [4.69, 9.17) is 31.0 Å². The lowest BCUT2D eigenvalue weighted by molar-refractivity contribution is -0.160. The highest BCUT2D eigenvalue weighted by Crippen LogP contribution is 2.47. The zero-order valence-electron chi connectivity index (χ0n) is 29.4. The molecule has 2 N–H and O–H groups in total. The molecule has 2 aromatic heterocycles. The van der Waals surface area contributed by atoms with Gasteiger partial charge in [0.2, 0.25) is 0 Å². The van der Waals surface area contributed by atoms with Gasteiger partial charge in [0.15, 0.2) is 11.9 Å². The minimum atomic E-state index is -1.26. The molecular formula is C40H44ClFN4O4. The predicted molar refractivity (Wildman–Crippen MR) is 197 cm³/mol. The second kappa shape index (κ2) is 14.0. The van der Waals surface area contributed by atoms with Gasteiger partial charge in [-0.05, 0) is 99.5 Å². The van der Waals surface area contributed by atoms with Crippen LogP contribution in [0.4, 0.5) is 10.1 Å². The van der Waals surface area contributed by atoms with E-state index in [2.05, 4.69) is 23.7 Å². The van der Waals surface area contributed by atoms with Crippen LogP contribution in [-0.4, -0.2) is 51.3 Å². The smallest absolute Gasteiger partial charge is 0.337 e. The van der Waals surface area contributed by atoms with Crippen LogP contribution >= 0.6 is 11.6 Å². The minimum Gasteiger partial charge on any atom is -0.493 e. The number of H-pyrrole nitrogens is 1. The van der Waals surface area contributed by atoms with Crippen LogP contribution in [0.3, 0.4) is 0 Å². The van der Waals surface area contributed by atoms with Crippen LogP contribution in [0.25, 0.3) is 33.7 Å². The van der Waals surface area contributed by atoms with E-state index < -0.39 is 17.7 Å². The maximum absolute atomic E-state index is 13.4. The monoisotopic (exact) mass is 698 g/mol. The number of pyridine rings is 1. The summed E-state index contributed by atoms with van der Waals surface area (Å²) < 4.78 is 25.7. The van der Waals surface area contributed by atoms with Crippen LogP contribution in [0.1, 0.15) is 70.4 Å². The number of piperidine rings is 1. The molecule has 50 heavy (non-hydrogen) atoms. The number of fused-ring (bicyclic) bond motifs is 1. The molecule has 10 heteroatoms. The Hall–Kier alpha value is -4.47. The summed E-state index contributed by atoms with van der Waals surface area (Å²) in [4.78, 5) is 28.8. The maximum atomic E-state index is 13.4. The molecule has 262 valence electrons. The lowest BCUT2D eigenvalue weighted by Gasteiger charge is -2.41. The number of carboxylic acids is 1. The fourth-order valence-electron chi connectivity index (χ4n) is 6.46. The zero-order valence-corrected chi connectivity index (χ0v) is 30.2. The summed E-state index contributed by atoms with van der Waals surface area (Å²) in [6.07, 6.45) is 1.24. The van der Waals surface area contributed by atoms with Gasteiger partial charge >= 0.3 is 5.97 Å². The van der Waals surface area contributed by atoms with E-state index in [9.17, 15) is 14.3 Å². The molecule has 1 saturated heterocycles. The molecule has 3 aromatic carbocycles. The number of hydrogen-bond donors (Lipinski definition) is 2. The highest BCUT2D eigenvalue weighted by Gasteiger charge is 2.37. The van der Waals surface area contributed by atoms with Gasteiger partial charge in [0, 0.05) is 41.4 Å². The van der Waals surface area contributed by atoms with Gasteiger partial charge in [-0.2, -0.15) is 0 Å². The molecule has 6 rings (SSSR count). The molecule has 8 nitrogen and oxygen atoms in total. The zero-order chi connectivity index (χ0) is 35.8. The van der Waals surface area contributed by atoms with Gasteiger partial charge in [0.05, 0.1) is 28.9 Å². The van der Waals surface area contributed by atoms with E-state index in [-0.39, 0.29) is 11.2 Å². The quantitative estimate of drug-likeness (QED) is 0.150. The summed E-state index contributed by atoms with van der Waals surface area (Å²) in [5.74, 6) is -0.118. The molecule has 0 amide bonds. The fourth-order valence-corrected chi connectivity index (χ4v) is 6.63. The Morgan fingerprint density at radius 3 is 2.36 bits per heavy atom. The van der Waals surface area contributed by atoms with Crippen molar-refractivity contribution in [3.8, 4) is 28.4 Å². The van der Waals surface area contributed by atoms with Crippen molar-refractivity contribution in [3.05, 3.63) is 94.4 Å². The summed E-state index contributed by atoms with van der Waals surface area (Å²) in [6, 6.07) is 19.7. The largest absolute Gasteiger partial charge is 0.493 e. The maximum Gasteiger partial charge on any atom is 0.337 e. The molecule has 0 saturated carbocycles. The van der Waals surface area contributed by atoms with Gasteiger partial charge in [-0.1, -0.05) is 49.7 Å². The fraction of sp³-hybridized carbons (Fsp3) is 0.375. The Kier molecular flexibility index (Phi) is 9.93. The Labute approximate surface area is 297 Å². The molecule has 1 fully saturated rings. The normalized spacial score (nSPS) is 15.3. The van der Waals surface area contributed by atoms with Crippen LogP contribution in [0.15, 0.2) is 66.7 Å². The van der Waals surface area contributed by atoms with Gasteiger partial charge in [0.1, 0.15) is 17.3 Å². The van der Waals surface area contributed by atoms with Crippen molar-refractivity contribution in [3.63, 3.8) is 0 Å². The number of hydrogen-bond acceptors (Lipinski definition) is 6. The van der Waals surface area contributed by atoms with E-state index in [1.165, 1.54) is 12.1 Å².